The molecule has 0 fully saturated rings. The van der Waals surface area contributed by atoms with E-state index in [2.05, 4.69) is 85.8 Å². The number of hydrogen-bond acceptors (Lipinski definition) is 8. The molecule has 4 aromatic carbocycles. The van der Waals surface area contributed by atoms with Crippen LogP contribution in [0.5, 0.6) is 0 Å². The van der Waals surface area contributed by atoms with Gasteiger partial charge < -0.3 is 27.0 Å². The van der Waals surface area contributed by atoms with Crippen molar-refractivity contribution in [3.8, 4) is 0 Å². The molecular formula is C44H48N8O2. The topological polar surface area (TPSA) is 146 Å². The van der Waals surface area contributed by atoms with Crippen molar-refractivity contribution in [2.24, 2.45) is 4.99 Å². The number of nitrogens with zero attached hydrogens (tertiary/aromatic N) is 3. The summed E-state index contributed by atoms with van der Waals surface area (Å²) in [5, 5.41) is 14.9. The molecule has 0 spiro atoms. The molecule has 10 nitrogen and oxygen atoms in total. The first-order valence-electron chi connectivity index (χ1n) is 18.6. The first kappa shape index (κ1) is 37.5. The number of aromatic nitrogens is 2. The quantitative estimate of drug-likeness (QED) is 0.0627. The van der Waals surface area contributed by atoms with Crippen LogP contribution in [0.2, 0.25) is 0 Å². The van der Waals surface area contributed by atoms with Crippen LogP contribution in [0.25, 0.3) is 21.8 Å². The van der Waals surface area contributed by atoms with E-state index in [1.54, 1.807) is 0 Å². The fourth-order valence-corrected chi connectivity index (χ4v) is 6.81. The summed E-state index contributed by atoms with van der Waals surface area (Å²) >= 11 is 0. The first-order chi connectivity index (χ1) is 26.1. The van der Waals surface area contributed by atoms with Crippen molar-refractivity contribution in [1.29, 1.82) is 0 Å². The highest BCUT2D eigenvalue weighted by atomic mass is 16.2. The lowest BCUT2D eigenvalue weighted by Gasteiger charge is -2.15. The molecule has 6 N–H and O–H groups in total. The first-order valence-corrected chi connectivity index (χ1v) is 18.6. The highest BCUT2D eigenvalue weighted by molar-refractivity contribution is 5.93. The van der Waals surface area contributed by atoms with Gasteiger partial charge in [-0.25, -0.2) is 24.5 Å². The Morgan fingerprint density at radius 3 is 1.78 bits per heavy atom. The number of pyridine rings is 2. The standard InChI is InChI=1S/C22H24N4O.C18H17N3.C4H7NO/c1-14(2)23-22(27)24-17-9-11-19-16(13-17)8-12-21(25-19)26-20-10-7-15-5-3-4-6-18(15)20;19-14-7-9-16-13(11-14)6-10-18(20-16)21-17-8-5-12-3-1-2-4-15(12)17;1-4(2)5-3-6/h3-6,8-9,11-14,20H,7,10H2,1-2H3,(H,25,26)(H2,23,24,27);1-4,6-7,9-11,17H,5,8,19H2,(H,20,21);4H,1-2H3/t20-;17-;/m11./s1. The number of hydrogen-bond donors (Lipinski definition) is 5. The van der Waals surface area contributed by atoms with Crippen molar-refractivity contribution in [1.82, 2.24) is 15.3 Å². The molecule has 2 amide bonds. The molecule has 6 aromatic rings. The maximum atomic E-state index is 11.9. The lowest BCUT2D eigenvalue weighted by Crippen LogP contribution is -2.34. The SMILES string of the molecule is CC(C)N=C=O.CC(C)NC(=O)Nc1ccc2nc(N[C@@H]3CCc4ccccc43)ccc2c1.Nc1ccc2nc(N[C@@H]3CCc4ccccc43)ccc2c1. The molecule has 0 saturated heterocycles. The molecule has 276 valence electrons. The Balaban J connectivity index is 0.000000164. The van der Waals surface area contributed by atoms with E-state index < -0.39 is 0 Å². The van der Waals surface area contributed by atoms with E-state index in [0.717, 1.165) is 70.5 Å². The van der Waals surface area contributed by atoms with Crippen LogP contribution in [-0.2, 0) is 17.6 Å². The number of urea groups is 1. The van der Waals surface area contributed by atoms with Crippen LogP contribution in [0.15, 0.2) is 114 Å². The Morgan fingerprint density at radius 1 is 0.722 bits per heavy atom. The van der Waals surface area contributed by atoms with Crippen LogP contribution in [0.1, 0.15) is 74.9 Å². The number of anilines is 4. The van der Waals surface area contributed by atoms with Gasteiger partial charge in [0.15, 0.2) is 0 Å². The third-order valence-corrected chi connectivity index (χ3v) is 9.30. The molecule has 10 heteroatoms. The molecule has 2 aliphatic rings. The highest BCUT2D eigenvalue weighted by Crippen LogP contribution is 2.35. The van der Waals surface area contributed by atoms with E-state index >= 15 is 0 Å². The number of rotatable bonds is 7. The number of isocyanates is 1. The Hall–Kier alpha value is -6.25. The van der Waals surface area contributed by atoms with E-state index in [4.69, 9.17) is 10.7 Å². The summed E-state index contributed by atoms with van der Waals surface area (Å²) in [5.41, 5.74) is 14.9. The number of aryl methyl sites for hydroxylation is 2. The van der Waals surface area contributed by atoms with Gasteiger partial charge in [-0.3, -0.25) is 0 Å². The van der Waals surface area contributed by atoms with Crippen molar-refractivity contribution in [2.45, 2.75) is 77.5 Å². The average Bonchev–Trinajstić information content (AvgIpc) is 3.76. The number of carbonyl (C=O) groups is 1. The van der Waals surface area contributed by atoms with E-state index in [1.165, 1.54) is 28.3 Å². The second kappa shape index (κ2) is 17.5. The van der Waals surface area contributed by atoms with Gasteiger partial charge in [0.1, 0.15) is 11.6 Å². The summed E-state index contributed by atoms with van der Waals surface area (Å²) in [6.07, 6.45) is 5.90. The fourth-order valence-electron chi connectivity index (χ4n) is 6.81. The zero-order valence-corrected chi connectivity index (χ0v) is 31.3. The highest BCUT2D eigenvalue weighted by Gasteiger charge is 2.23. The molecule has 0 radical (unpaired) electrons. The smallest absolute Gasteiger partial charge is 0.319 e. The Morgan fingerprint density at radius 2 is 1.26 bits per heavy atom. The molecule has 0 aliphatic heterocycles. The number of aliphatic imine (C=N–C) groups is 1. The number of benzene rings is 4. The fraction of sp³-hybridized carbons (Fsp3) is 0.273. The van der Waals surface area contributed by atoms with Gasteiger partial charge in [0, 0.05) is 28.2 Å². The number of nitrogens with two attached hydrogens (primary N) is 1. The maximum Gasteiger partial charge on any atom is 0.319 e. The van der Waals surface area contributed by atoms with Gasteiger partial charge in [-0.2, -0.15) is 0 Å². The minimum absolute atomic E-state index is 0.0986. The predicted octanol–water partition coefficient (Wildman–Crippen LogP) is 9.51. The molecule has 54 heavy (non-hydrogen) atoms. The number of nitrogen functional groups attached to an aromatic ring is 1. The van der Waals surface area contributed by atoms with Crippen LogP contribution < -0.4 is 27.0 Å². The van der Waals surface area contributed by atoms with Crippen LogP contribution in [0, 0.1) is 0 Å². The second-order valence-electron chi connectivity index (χ2n) is 14.2. The van der Waals surface area contributed by atoms with Crippen molar-refractivity contribution in [3.63, 3.8) is 0 Å². The van der Waals surface area contributed by atoms with Crippen molar-refractivity contribution >= 4 is 56.9 Å². The largest absolute Gasteiger partial charge is 0.399 e. The molecule has 8 rings (SSSR count). The minimum atomic E-state index is -0.199. The third-order valence-electron chi connectivity index (χ3n) is 9.30. The lowest BCUT2D eigenvalue weighted by atomic mass is 10.1. The van der Waals surface area contributed by atoms with Crippen molar-refractivity contribution in [2.75, 3.05) is 21.7 Å². The Labute approximate surface area is 316 Å². The summed E-state index contributed by atoms with van der Waals surface area (Å²) in [6, 6.07) is 37.6. The molecule has 0 bridgehead atoms. The summed E-state index contributed by atoms with van der Waals surface area (Å²) in [5.74, 6) is 1.80. The number of nitrogens with one attached hydrogen (secondary N) is 4. The van der Waals surface area contributed by atoms with E-state index in [0.29, 0.717) is 12.1 Å². The van der Waals surface area contributed by atoms with E-state index in [1.807, 2.05) is 82.3 Å². The predicted molar refractivity (Wildman–Crippen MR) is 221 cm³/mol. The van der Waals surface area contributed by atoms with Gasteiger partial charge in [-0.1, -0.05) is 48.5 Å². The normalized spacial score (nSPS) is 15.2. The summed E-state index contributed by atoms with van der Waals surface area (Å²) in [7, 11) is 0. The Kier molecular flexibility index (Phi) is 12.2. The van der Waals surface area contributed by atoms with Gasteiger partial charge >= 0.3 is 6.03 Å². The average molecular weight is 721 g/mol. The summed E-state index contributed by atoms with van der Waals surface area (Å²) < 4.78 is 0. The van der Waals surface area contributed by atoms with Gasteiger partial charge in [-0.05, 0) is 136 Å². The number of carbonyl (C=O) groups excluding carboxylic acids is 2. The zero-order chi connectivity index (χ0) is 38.0. The Bertz CT molecular complexity index is 2280. The minimum Gasteiger partial charge on any atom is -0.399 e. The molecular weight excluding hydrogens is 673 g/mol. The number of amides is 2. The summed E-state index contributed by atoms with van der Waals surface area (Å²) in [4.78, 5) is 33.9. The van der Waals surface area contributed by atoms with Crippen LogP contribution in [-0.4, -0.2) is 34.2 Å². The van der Waals surface area contributed by atoms with Gasteiger partial charge in [-0.15, -0.1) is 0 Å². The van der Waals surface area contributed by atoms with Gasteiger partial charge in [0.05, 0.1) is 29.2 Å². The second-order valence-corrected chi connectivity index (χ2v) is 14.2. The lowest BCUT2D eigenvalue weighted by molar-refractivity contribution is 0.250. The van der Waals surface area contributed by atoms with Crippen LogP contribution in [0.4, 0.5) is 27.8 Å². The summed E-state index contributed by atoms with van der Waals surface area (Å²) in [6.45, 7) is 7.51. The number of fused-ring (bicyclic) bond motifs is 4. The molecule has 2 aliphatic carbocycles. The van der Waals surface area contributed by atoms with Crippen LogP contribution >= 0.6 is 0 Å². The van der Waals surface area contributed by atoms with Crippen molar-refractivity contribution in [3.05, 3.63) is 131 Å². The van der Waals surface area contributed by atoms with Gasteiger partial charge in [0.2, 0.25) is 6.08 Å². The van der Waals surface area contributed by atoms with E-state index in [9.17, 15) is 9.59 Å². The van der Waals surface area contributed by atoms with Gasteiger partial charge in [0.25, 0.3) is 0 Å². The maximum absolute atomic E-state index is 11.9. The molecule has 2 heterocycles. The molecule has 0 unspecified atom stereocenters. The van der Waals surface area contributed by atoms with Crippen molar-refractivity contribution < 1.29 is 9.59 Å². The van der Waals surface area contributed by atoms with E-state index in [-0.39, 0.29) is 18.1 Å². The molecule has 2 aromatic heterocycles. The molecule has 2 atom stereocenters. The third kappa shape index (κ3) is 9.79. The molecule has 0 saturated carbocycles. The zero-order valence-electron chi connectivity index (χ0n) is 31.3. The monoisotopic (exact) mass is 720 g/mol. The van der Waals surface area contributed by atoms with Crippen LogP contribution in [0.3, 0.4) is 0 Å².